The first-order valence-electron chi connectivity index (χ1n) is 7.79. The van der Waals surface area contributed by atoms with Crippen molar-refractivity contribution in [2.75, 3.05) is 20.3 Å². The molecule has 0 saturated heterocycles. The SMILES string of the molecule is COCCN1C(=O)C(C2=CCCC=C2)(c2ccccc2)N=C1N. The van der Waals surface area contributed by atoms with E-state index in [1.165, 1.54) is 4.90 Å². The van der Waals surface area contributed by atoms with E-state index in [0.29, 0.717) is 13.2 Å². The third kappa shape index (κ3) is 2.57. The molecule has 3 rings (SSSR count). The highest BCUT2D eigenvalue weighted by atomic mass is 16.5. The fourth-order valence-corrected chi connectivity index (χ4v) is 3.08. The fourth-order valence-electron chi connectivity index (χ4n) is 3.08. The second-order valence-corrected chi connectivity index (χ2v) is 5.64. The lowest BCUT2D eigenvalue weighted by molar-refractivity contribution is -0.130. The Morgan fingerprint density at radius 1 is 1.30 bits per heavy atom. The average Bonchev–Trinajstić information content (AvgIpc) is 2.86. The van der Waals surface area contributed by atoms with Gasteiger partial charge in [0, 0.05) is 7.11 Å². The fraction of sp³-hybridized carbons (Fsp3) is 0.333. The summed E-state index contributed by atoms with van der Waals surface area (Å²) < 4.78 is 5.09. The van der Waals surface area contributed by atoms with E-state index in [1.54, 1.807) is 7.11 Å². The van der Waals surface area contributed by atoms with Gasteiger partial charge in [0.2, 0.25) is 0 Å². The monoisotopic (exact) mass is 311 g/mol. The molecule has 0 saturated carbocycles. The molecule has 2 aliphatic rings. The zero-order valence-corrected chi connectivity index (χ0v) is 13.2. The predicted molar refractivity (Wildman–Crippen MR) is 89.8 cm³/mol. The number of rotatable bonds is 5. The molecule has 1 heterocycles. The molecule has 0 bridgehead atoms. The Bertz CT molecular complexity index is 679. The maximum absolute atomic E-state index is 13.2. The summed E-state index contributed by atoms with van der Waals surface area (Å²) in [5, 5.41) is 0. The molecule has 1 aliphatic heterocycles. The van der Waals surface area contributed by atoms with Crippen LogP contribution < -0.4 is 5.73 Å². The number of allylic oxidation sites excluding steroid dienone is 2. The standard InChI is InChI=1S/C18H21N3O2/c1-23-13-12-21-16(22)18(20-17(21)19,14-8-4-2-5-9-14)15-10-6-3-7-11-15/h2,4-6,8-11H,3,7,12-13H2,1H3,(H2,19,20). The lowest BCUT2D eigenvalue weighted by Crippen LogP contribution is -2.45. The van der Waals surface area contributed by atoms with Crippen LogP contribution in [0.5, 0.6) is 0 Å². The van der Waals surface area contributed by atoms with Gasteiger partial charge in [0.05, 0.1) is 13.2 Å². The summed E-state index contributed by atoms with van der Waals surface area (Å²) in [6.45, 7) is 0.817. The van der Waals surface area contributed by atoms with Crippen LogP contribution in [0.15, 0.2) is 59.1 Å². The highest BCUT2D eigenvalue weighted by molar-refractivity contribution is 6.09. The Balaban J connectivity index is 2.09. The smallest absolute Gasteiger partial charge is 0.266 e. The van der Waals surface area contributed by atoms with Crippen LogP contribution in [0.2, 0.25) is 0 Å². The van der Waals surface area contributed by atoms with E-state index in [9.17, 15) is 4.79 Å². The topological polar surface area (TPSA) is 67.9 Å². The molecular weight excluding hydrogens is 290 g/mol. The quantitative estimate of drug-likeness (QED) is 0.904. The molecule has 23 heavy (non-hydrogen) atoms. The molecule has 0 spiro atoms. The second-order valence-electron chi connectivity index (χ2n) is 5.64. The van der Waals surface area contributed by atoms with Crippen molar-refractivity contribution in [2.45, 2.75) is 18.4 Å². The third-order valence-electron chi connectivity index (χ3n) is 4.24. The number of hydrogen-bond donors (Lipinski definition) is 1. The molecule has 1 atom stereocenters. The van der Waals surface area contributed by atoms with Gasteiger partial charge in [0.25, 0.3) is 5.91 Å². The molecule has 1 unspecified atom stereocenters. The summed E-state index contributed by atoms with van der Waals surface area (Å²) in [5.74, 6) is 0.131. The van der Waals surface area contributed by atoms with Crippen molar-refractivity contribution in [3.8, 4) is 0 Å². The summed E-state index contributed by atoms with van der Waals surface area (Å²) in [6.07, 6.45) is 8.04. The number of aliphatic imine (C=N–C) groups is 1. The molecule has 2 N–H and O–H groups in total. The van der Waals surface area contributed by atoms with Crippen LogP contribution in [0.1, 0.15) is 18.4 Å². The summed E-state index contributed by atoms with van der Waals surface area (Å²) in [7, 11) is 1.60. The number of nitrogens with zero attached hydrogens (tertiary/aromatic N) is 2. The number of ether oxygens (including phenoxy) is 1. The van der Waals surface area contributed by atoms with Crippen LogP contribution in [0.3, 0.4) is 0 Å². The van der Waals surface area contributed by atoms with E-state index in [-0.39, 0.29) is 11.9 Å². The average molecular weight is 311 g/mol. The summed E-state index contributed by atoms with van der Waals surface area (Å²) >= 11 is 0. The minimum atomic E-state index is -1.07. The van der Waals surface area contributed by atoms with E-state index in [1.807, 2.05) is 36.4 Å². The molecule has 0 radical (unpaired) electrons. The highest BCUT2D eigenvalue weighted by Gasteiger charge is 2.51. The lowest BCUT2D eigenvalue weighted by Gasteiger charge is -2.29. The second kappa shape index (κ2) is 6.38. The zero-order valence-electron chi connectivity index (χ0n) is 13.2. The van der Waals surface area contributed by atoms with Gasteiger partial charge in [-0.3, -0.25) is 9.69 Å². The zero-order chi connectivity index (χ0) is 16.3. The first-order chi connectivity index (χ1) is 11.2. The Kier molecular flexibility index (Phi) is 4.30. The van der Waals surface area contributed by atoms with Gasteiger partial charge in [-0.1, -0.05) is 48.6 Å². The van der Waals surface area contributed by atoms with Gasteiger partial charge in [0.15, 0.2) is 11.5 Å². The van der Waals surface area contributed by atoms with Crippen molar-refractivity contribution in [3.63, 3.8) is 0 Å². The number of carbonyl (C=O) groups excluding carboxylic acids is 1. The molecule has 1 amide bonds. The van der Waals surface area contributed by atoms with Gasteiger partial charge < -0.3 is 10.5 Å². The van der Waals surface area contributed by atoms with Gasteiger partial charge in [0.1, 0.15) is 0 Å². The van der Waals surface area contributed by atoms with Crippen molar-refractivity contribution in [2.24, 2.45) is 10.7 Å². The molecule has 5 heteroatoms. The molecule has 5 nitrogen and oxygen atoms in total. The van der Waals surface area contributed by atoms with Crippen molar-refractivity contribution < 1.29 is 9.53 Å². The number of benzene rings is 1. The number of guanidine groups is 1. The van der Waals surface area contributed by atoms with Crippen LogP contribution in [-0.2, 0) is 15.1 Å². The maximum Gasteiger partial charge on any atom is 0.266 e. The van der Waals surface area contributed by atoms with Gasteiger partial charge in [-0.15, -0.1) is 0 Å². The molecule has 1 aromatic carbocycles. The Labute approximate surface area is 136 Å². The minimum Gasteiger partial charge on any atom is -0.383 e. The van der Waals surface area contributed by atoms with Crippen LogP contribution in [0.4, 0.5) is 0 Å². The van der Waals surface area contributed by atoms with Crippen LogP contribution >= 0.6 is 0 Å². The molecule has 120 valence electrons. The minimum absolute atomic E-state index is 0.115. The van der Waals surface area contributed by atoms with Crippen molar-refractivity contribution in [1.29, 1.82) is 0 Å². The molecule has 0 fully saturated rings. The van der Waals surface area contributed by atoms with E-state index in [4.69, 9.17) is 10.5 Å². The van der Waals surface area contributed by atoms with E-state index < -0.39 is 5.54 Å². The van der Waals surface area contributed by atoms with Gasteiger partial charge >= 0.3 is 0 Å². The number of amides is 1. The summed E-state index contributed by atoms with van der Waals surface area (Å²) in [4.78, 5) is 19.4. The Hall–Kier alpha value is -2.40. The van der Waals surface area contributed by atoms with E-state index >= 15 is 0 Å². The van der Waals surface area contributed by atoms with Gasteiger partial charge in [-0.2, -0.15) is 0 Å². The van der Waals surface area contributed by atoms with Gasteiger partial charge in [-0.05, 0) is 24.0 Å². The first-order valence-corrected chi connectivity index (χ1v) is 7.79. The predicted octanol–water partition coefficient (Wildman–Crippen LogP) is 1.96. The van der Waals surface area contributed by atoms with Crippen molar-refractivity contribution >= 4 is 11.9 Å². The molecule has 1 aliphatic carbocycles. The largest absolute Gasteiger partial charge is 0.383 e. The normalized spacial score (nSPS) is 23.9. The number of methoxy groups -OCH3 is 1. The van der Waals surface area contributed by atoms with Crippen LogP contribution in [0, 0.1) is 0 Å². The number of nitrogens with two attached hydrogens (primary N) is 1. The number of carbonyl (C=O) groups is 1. The highest BCUT2D eigenvalue weighted by Crippen LogP contribution is 2.41. The Morgan fingerprint density at radius 3 is 2.74 bits per heavy atom. The third-order valence-corrected chi connectivity index (χ3v) is 4.24. The summed E-state index contributed by atoms with van der Waals surface area (Å²) in [6, 6.07) is 9.62. The van der Waals surface area contributed by atoms with E-state index in [2.05, 4.69) is 17.1 Å². The number of hydrogen-bond acceptors (Lipinski definition) is 4. The van der Waals surface area contributed by atoms with E-state index in [0.717, 1.165) is 24.0 Å². The summed E-state index contributed by atoms with van der Waals surface area (Å²) in [5.41, 5.74) is 6.73. The lowest BCUT2D eigenvalue weighted by atomic mass is 9.80. The molecule has 1 aromatic rings. The van der Waals surface area contributed by atoms with Crippen LogP contribution in [0.25, 0.3) is 0 Å². The molecule has 0 aromatic heterocycles. The molecular formula is C18H21N3O2. The Morgan fingerprint density at radius 2 is 2.09 bits per heavy atom. The maximum atomic E-state index is 13.2. The van der Waals surface area contributed by atoms with Crippen LogP contribution in [-0.4, -0.2) is 37.0 Å². The van der Waals surface area contributed by atoms with Crippen molar-refractivity contribution in [1.82, 2.24) is 4.90 Å². The van der Waals surface area contributed by atoms with Crippen molar-refractivity contribution in [3.05, 3.63) is 59.7 Å². The van der Waals surface area contributed by atoms with Gasteiger partial charge in [-0.25, -0.2) is 4.99 Å². The first kappa shape index (κ1) is 15.5.